The minimum absolute atomic E-state index is 0.156. The average Bonchev–Trinajstić information content (AvgIpc) is 2.89. The van der Waals surface area contributed by atoms with E-state index < -0.39 is 23.4 Å². The Hall–Kier alpha value is -1.11. The smallest absolute Gasteiger partial charge is 0.285 e. The van der Waals surface area contributed by atoms with Crippen LogP contribution in [0.2, 0.25) is 0 Å². The number of aryl methyl sites for hydroxylation is 1. The highest BCUT2D eigenvalue weighted by Crippen LogP contribution is 2.35. The molecule has 0 radical (unpaired) electrons. The molecule has 0 N–H and O–H groups in total. The summed E-state index contributed by atoms with van der Waals surface area (Å²) in [6.07, 6.45) is 16.4. The lowest BCUT2D eigenvalue weighted by atomic mass is 9.91. The Kier molecular flexibility index (Phi) is 19.1. The van der Waals surface area contributed by atoms with E-state index in [0.29, 0.717) is 31.8 Å². The summed E-state index contributed by atoms with van der Waals surface area (Å²) in [6.45, 7) is 10.4. The quantitative estimate of drug-likeness (QED) is 0.0756. The highest BCUT2D eigenvalue weighted by atomic mass is 19.2. The van der Waals surface area contributed by atoms with Gasteiger partial charge in [-0.1, -0.05) is 85.5 Å². The van der Waals surface area contributed by atoms with E-state index in [1.807, 2.05) is 0 Å². The van der Waals surface area contributed by atoms with E-state index in [0.717, 1.165) is 76.3 Å². The van der Waals surface area contributed by atoms with Crippen molar-refractivity contribution in [3.63, 3.8) is 0 Å². The predicted molar refractivity (Wildman–Crippen MR) is 146 cm³/mol. The molecule has 1 unspecified atom stereocenters. The van der Waals surface area contributed by atoms with Crippen molar-refractivity contribution in [2.45, 2.75) is 136 Å². The topological polar surface area (TPSA) is 27.7 Å². The van der Waals surface area contributed by atoms with Gasteiger partial charge >= 0.3 is 0 Å². The van der Waals surface area contributed by atoms with Crippen LogP contribution in [0.1, 0.15) is 130 Å². The Balaban J connectivity index is 2.74. The van der Waals surface area contributed by atoms with Gasteiger partial charge in [0, 0.05) is 5.92 Å². The van der Waals surface area contributed by atoms with Crippen LogP contribution in [0.4, 0.5) is 13.2 Å². The number of hydrogen-bond donors (Lipinski definition) is 0. The average molecular weight is 531 g/mol. The third-order valence-electron chi connectivity index (χ3n) is 6.74. The van der Waals surface area contributed by atoms with Gasteiger partial charge in [0.05, 0.1) is 19.8 Å². The molecule has 3 nitrogen and oxygen atoms in total. The molecular formula is C31H53F3O3. The maximum Gasteiger partial charge on any atom is 0.285 e. The fraction of sp³-hybridized carbons (Fsp3) is 0.806. The first-order valence-electron chi connectivity index (χ1n) is 15.0. The Morgan fingerprint density at radius 3 is 1.49 bits per heavy atom. The molecule has 37 heavy (non-hydrogen) atoms. The van der Waals surface area contributed by atoms with Crippen LogP contribution in [0.15, 0.2) is 12.1 Å². The second kappa shape index (κ2) is 20.8. The summed E-state index contributed by atoms with van der Waals surface area (Å²) < 4.78 is 59.2. The van der Waals surface area contributed by atoms with Crippen LogP contribution in [0, 0.1) is 23.4 Å². The molecule has 0 saturated carbocycles. The van der Waals surface area contributed by atoms with Crippen LogP contribution < -0.4 is 0 Å². The van der Waals surface area contributed by atoms with E-state index in [2.05, 4.69) is 27.7 Å². The van der Waals surface area contributed by atoms with E-state index >= 15 is 0 Å². The molecule has 0 amide bonds. The highest BCUT2D eigenvalue weighted by molar-refractivity contribution is 5.19. The zero-order valence-corrected chi connectivity index (χ0v) is 24.0. The van der Waals surface area contributed by atoms with Crippen LogP contribution in [0.5, 0.6) is 0 Å². The summed E-state index contributed by atoms with van der Waals surface area (Å²) in [6, 6.07) is 2.20. The number of hydrogen-bond acceptors (Lipinski definition) is 3. The Morgan fingerprint density at radius 1 is 0.595 bits per heavy atom. The Labute approximate surface area is 224 Å². The fourth-order valence-corrected chi connectivity index (χ4v) is 4.71. The molecule has 0 aromatic heterocycles. The lowest BCUT2D eigenvalue weighted by Crippen LogP contribution is -2.47. The summed E-state index contributed by atoms with van der Waals surface area (Å²) in [5, 5.41) is 0. The summed E-state index contributed by atoms with van der Waals surface area (Å²) in [4.78, 5) is 0. The van der Waals surface area contributed by atoms with Gasteiger partial charge in [0.25, 0.3) is 5.97 Å². The van der Waals surface area contributed by atoms with Crippen LogP contribution >= 0.6 is 0 Å². The number of unbranched alkanes of at least 4 members (excludes halogenated alkanes) is 8. The predicted octanol–water partition coefficient (Wildman–Crippen LogP) is 9.90. The minimum atomic E-state index is -1.40. The fourth-order valence-electron chi connectivity index (χ4n) is 4.71. The van der Waals surface area contributed by atoms with Gasteiger partial charge in [-0.05, 0) is 62.6 Å². The van der Waals surface area contributed by atoms with Gasteiger partial charge in [-0.3, -0.25) is 0 Å². The number of rotatable bonds is 24. The second-order valence-corrected chi connectivity index (χ2v) is 10.2. The first-order chi connectivity index (χ1) is 17.9. The van der Waals surface area contributed by atoms with E-state index in [1.165, 1.54) is 32.1 Å². The molecule has 0 spiro atoms. The molecule has 0 aliphatic heterocycles. The molecule has 0 saturated heterocycles. The van der Waals surface area contributed by atoms with Gasteiger partial charge in [-0.15, -0.1) is 0 Å². The number of ether oxygens (including phenoxy) is 3. The van der Waals surface area contributed by atoms with Crippen LogP contribution in [0.3, 0.4) is 0 Å². The van der Waals surface area contributed by atoms with E-state index in [9.17, 15) is 13.2 Å². The molecule has 0 bridgehead atoms. The SMILES string of the molecule is CCCCCCCCC(CCCCCCc1cc(F)c(F)c(F)c1)C(OCCC)(OCCC)OCCC. The van der Waals surface area contributed by atoms with E-state index in [1.54, 1.807) is 0 Å². The first-order valence-corrected chi connectivity index (χ1v) is 15.0. The third kappa shape index (κ3) is 13.5. The van der Waals surface area contributed by atoms with E-state index in [-0.39, 0.29) is 5.92 Å². The molecular weight excluding hydrogens is 477 g/mol. The normalized spacial score (nSPS) is 12.8. The minimum Gasteiger partial charge on any atom is -0.327 e. The van der Waals surface area contributed by atoms with Gasteiger partial charge in [-0.25, -0.2) is 13.2 Å². The van der Waals surface area contributed by atoms with Gasteiger partial charge in [0.2, 0.25) is 0 Å². The van der Waals surface area contributed by atoms with Gasteiger partial charge in [0.1, 0.15) is 0 Å². The summed E-state index contributed by atoms with van der Waals surface area (Å²) in [5.41, 5.74) is 0.505. The van der Waals surface area contributed by atoms with Gasteiger partial charge in [0.15, 0.2) is 17.5 Å². The summed E-state index contributed by atoms with van der Waals surface area (Å²) >= 11 is 0. The monoisotopic (exact) mass is 530 g/mol. The van der Waals surface area contributed by atoms with Crippen molar-refractivity contribution >= 4 is 0 Å². The zero-order chi connectivity index (χ0) is 27.4. The summed E-state index contributed by atoms with van der Waals surface area (Å²) in [7, 11) is 0. The molecule has 216 valence electrons. The van der Waals surface area contributed by atoms with Crippen molar-refractivity contribution in [2.75, 3.05) is 19.8 Å². The van der Waals surface area contributed by atoms with Crippen LogP contribution in [-0.2, 0) is 20.6 Å². The van der Waals surface area contributed by atoms with Crippen molar-refractivity contribution in [3.8, 4) is 0 Å². The molecule has 0 aliphatic carbocycles. The number of halogens is 3. The molecule has 6 heteroatoms. The molecule has 0 aliphatic rings. The second-order valence-electron chi connectivity index (χ2n) is 10.2. The van der Waals surface area contributed by atoms with Crippen molar-refractivity contribution in [3.05, 3.63) is 35.1 Å². The lowest BCUT2D eigenvalue weighted by molar-refractivity contribution is -0.406. The Bertz CT molecular complexity index is 653. The van der Waals surface area contributed by atoms with Crippen molar-refractivity contribution < 1.29 is 27.4 Å². The highest BCUT2D eigenvalue weighted by Gasteiger charge is 2.41. The first kappa shape index (κ1) is 33.9. The van der Waals surface area contributed by atoms with Crippen molar-refractivity contribution in [1.82, 2.24) is 0 Å². The Morgan fingerprint density at radius 2 is 1.03 bits per heavy atom. The van der Waals surface area contributed by atoms with Crippen LogP contribution in [-0.4, -0.2) is 25.8 Å². The zero-order valence-electron chi connectivity index (χ0n) is 24.0. The summed E-state index contributed by atoms with van der Waals surface area (Å²) in [5.74, 6) is -4.47. The van der Waals surface area contributed by atoms with Gasteiger partial charge in [-0.2, -0.15) is 0 Å². The van der Waals surface area contributed by atoms with Crippen molar-refractivity contribution in [1.29, 1.82) is 0 Å². The van der Waals surface area contributed by atoms with Gasteiger partial charge < -0.3 is 14.2 Å². The largest absolute Gasteiger partial charge is 0.327 e. The standard InChI is InChI=1S/C31H53F3O3/c1-5-9-10-11-12-16-19-27(31(35-21-6-2,36-22-7-3)37-23-8-4)20-17-14-13-15-18-26-24-28(32)30(34)29(33)25-26/h24-25,27H,5-23H2,1-4H3. The molecule has 0 heterocycles. The molecule has 1 atom stereocenters. The molecule has 1 aromatic rings. The maximum atomic E-state index is 13.5. The van der Waals surface area contributed by atoms with Crippen molar-refractivity contribution in [2.24, 2.45) is 5.92 Å². The van der Waals surface area contributed by atoms with Crippen LogP contribution in [0.25, 0.3) is 0 Å². The van der Waals surface area contributed by atoms with E-state index in [4.69, 9.17) is 14.2 Å². The molecule has 1 aromatic carbocycles. The lowest BCUT2D eigenvalue weighted by Gasteiger charge is -2.40. The molecule has 0 fully saturated rings. The number of benzene rings is 1. The third-order valence-corrected chi connectivity index (χ3v) is 6.74. The molecule has 1 rings (SSSR count). The maximum absolute atomic E-state index is 13.5.